The number of non-ortho nitro benzene ring substituents is 1. The Hall–Kier alpha value is -4.86. The van der Waals surface area contributed by atoms with Crippen LogP contribution in [0.3, 0.4) is 0 Å². The summed E-state index contributed by atoms with van der Waals surface area (Å²) in [5, 5.41) is 15.5. The summed E-state index contributed by atoms with van der Waals surface area (Å²) in [5.74, 6) is 0.156. The summed E-state index contributed by atoms with van der Waals surface area (Å²) >= 11 is 0. The van der Waals surface area contributed by atoms with Crippen LogP contribution in [0.4, 0.5) is 5.69 Å². The van der Waals surface area contributed by atoms with Crippen molar-refractivity contribution in [1.29, 1.82) is 0 Å². The number of carbonyl (C=O) groups is 1. The van der Waals surface area contributed by atoms with Crippen LogP contribution >= 0.6 is 0 Å². The van der Waals surface area contributed by atoms with E-state index in [-0.39, 0.29) is 28.3 Å². The summed E-state index contributed by atoms with van der Waals surface area (Å²) in [5.41, 5.74) is 0.911. The van der Waals surface area contributed by atoms with Crippen LogP contribution in [0.15, 0.2) is 76.6 Å². The zero-order valence-corrected chi connectivity index (χ0v) is 18.2. The molecule has 3 aromatic carbocycles. The number of aryl methyl sites for hydroxylation is 1. The third-order valence-corrected chi connectivity index (χ3v) is 4.94. The summed E-state index contributed by atoms with van der Waals surface area (Å²) in [4.78, 5) is 39.8. The third-order valence-electron chi connectivity index (χ3n) is 4.94. The Morgan fingerprint density at radius 2 is 1.82 bits per heavy atom. The summed E-state index contributed by atoms with van der Waals surface area (Å²) in [6.07, 6.45) is 1.47. The quantitative estimate of drug-likeness (QED) is 0.142. The van der Waals surface area contributed by atoms with Gasteiger partial charge in [0.2, 0.25) is 0 Å². The number of rotatable bonds is 6. The number of methoxy groups -OCH3 is 1. The minimum Gasteiger partial charge on any atom is -0.493 e. The minimum atomic E-state index is -0.695. The molecular weight excluding hydrogens is 440 g/mol. The molecule has 4 aromatic rings. The average molecular weight is 458 g/mol. The van der Waals surface area contributed by atoms with E-state index in [1.807, 2.05) is 6.07 Å². The number of benzene rings is 3. The van der Waals surface area contributed by atoms with Gasteiger partial charge in [0.1, 0.15) is 5.82 Å². The van der Waals surface area contributed by atoms with E-state index in [0.29, 0.717) is 22.3 Å². The fourth-order valence-corrected chi connectivity index (χ4v) is 3.22. The molecule has 0 atom stereocenters. The number of fused-ring (bicyclic) bond motifs is 1. The number of hydrogen-bond acceptors (Lipinski definition) is 8. The second kappa shape index (κ2) is 9.33. The number of nitro groups is 1. The Balaban J connectivity index is 1.57. The molecule has 170 valence electrons. The Labute approximate surface area is 192 Å². The molecule has 0 aliphatic carbocycles. The van der Waals surface area contributed by atoms with E-state index in [4.69, 9.17) is 9.47 Å². The lowest BCUT2D eigenvalue weighted by atomic mass is 10.2. The molecule has 0 saturated heterocycles. The molecule has 1 aromatic heterocycles. The van der Waals surface area contributed by atoms with E-state index in [9.17, 15) is 19.7 Å². The zero-order chi connectivity index (χ0) is 24.2. The van der Waals surface area contributed by atoms with Crippen LogP contribution in [0.1, 0.15) is 21.7 Å². The first-order valence-electron chi connectivity index (χ1n) is 10.0. The van der Waals surface area contributed by atoms with Gasteiger partial charge in [-0.3, -0.25) is 14.9 Å². The van der Waals surface area contributed by atoms with Crippen molar-refractivity contribution in [1.82, 2.24) is 9.66 Å². The fraction of sp³-hybridized carbons (Fsp3) is 0.0833. The van der Waals surface area contributed by atoms with Gasteiger partial charge in [0, 0.05) is 12.1 Å². The van der Waals surface area contributed by atoms with Crippen LogP contribution in [-0.4, -0.2) is 33.9 Å². The van der Waals surface area contributed by atoms with Crippen molar-refractivity contribution < 1.29 is 19.2 Å². The van der Waals surface area contributed by atoms with E-state index in [1.165, 1.54) is 48.3 Å². The van der Waals surface area contributed by atoms with Gasteiger partial charge >= 0.3 is 5.97 Å². The highest BCUT2D eigenvalue weighted by Gasteiger charge is 2.15. The first-order chi connectivity index (χ1) is 16.4. The number of aromatic nitrogens is 2. The Bertz CT molecular complexity index is 1490. The maximum Gasteiger partial charge on any atom is 0.343 e. The van der Waals surface area contributed by atoms with Crippen molar-refractivity contribution in [3.05, 3.63) is 104 Å². The van der Waals surface area contributed by atoms with Gasteiger partial charge in [-0.1, -0.05) is 12.1 Å². The summed E-state index contributed by atoms with van der Waals surface area (Å²) in [7, 11) is 1.42. The van der Waals surface area contributed by atoms with Gasteiger partial charge in [0.25, 0.3) is 11.2 Å². The van der Waals surface area contributed by atoms with Crippen LogP contribution in [-0.2, 0) is 0 Å². The number of hydrogen-bond donors (Lipinski definition) is 0. The number of nitro benzene ring substituents is 1. The van der Waals surface area contributed by atoms with Gasteiger partial charge in [0.05, 0.1) is 34.7 Å². The maximum atomic E-state index is 12.8. The van der Waals surface area contributed by atoms with Crippen LogP contribution < -0.4 is 15.0 Å². The molecule has 0 unspecified atom stereocenters. The first kappa shape index (κ1) is 22.3. The van der Waals surface area contributed by atoms with Gasteiger partial charge in [-0.25, -0.2) is 9.78 Å². The van der Waals surface area contributed by atoms with Crippen molar-refractivity contribution in [2.45, 2.75) is 6.92 Å². The molecule has 0 saturated carbocycles. The second-order valence-corrected chi connectivity index (χ2v) is 7.14. The number of para-hydroxylation sites is 1. The molecule has 4 rings (SSSR count). The number of carbonyl (C=O) groups excluding carboxylic acids is 1. The minimum absolute atomic E-state index is 0.131. The molecule has 0 bridgehead atoms. The van der Waals surface area contributed by atoms with E-state index in [1.54, 1.807) is 37.3 Å². The van der Waals surface area contributed by atoms with Crippen LogP contribution in [0.2, 0.25) is 0 Å². The summed E-state index contributed by atoms with van der Waals surface area (Å²) in [6, 6.07) is 16.8. The first-order valence-corrected chi connectivity index (χ1v) is 10.0. The van der Waals surface area contributed by atoms with Crippen LogP contribution in [0.5, 0.6) is 11.5 Å². The molecule has 0 aliphatic rings. The summed E-state index contributed by atoms with van der Waals surface area (Å²) in [6.45, 7) is 1.69. The van der Waals surface area contributed by atoms with Crippen molar-refractivity contribution in [2.24, 2.45) is 5.10 Å². The molecule has 0 radical (unpaired) electrons. The van der Waals surface area contributed by atoms with Crippen molar-refractivity contribution in [3.63, 3.8) is 0 Å². The highest BCUT2D eigenvalue weighted by Crippen LogP contribution is 2.28. The zero-order valence-electron chi connectivity index (χ0n) is 18.2. The largest absolute Gasteiger partial charge is 0.493 e. The molecule has 10 nitrogen and oxygen atoms in total. The summed E-state index contributed by atoms with van der Waals surface area (Å²) < 4.78 is 11.9. The van der Waals surface area contributed by atoms with E-state index < -0.39 is 10.9 Å². The van der Waals surface area contributed by atoms with Gasteiger partial charge in [-0.05, 0) is 55.0 Å². The van der Waals surface area contributed by atoms with E-state index in [2.05, 4.69) is 10.1 Å². The van der Waals surface area contributed by atoms with E-state index in [0.717, 1.165) is 0 Å². The molecule has 0 fully saturated rings. The molecule has 0 N–H and O–H groups in total. The average Bonchev–Trinajstić information content (AvgIpc) is 2.84. The fourth-order valence-electron chi connectivity index (χ4n) is 3.22. The Morgan fingerprint density at radius 3 is 2.53 bits per heavy atom. The number of ether oxygens (including phenoxy) is 2. The molecular formula is C24H18N4O6. The van der Waals surface area contributed by atoms with Crippen LogP contribution in [0.25, 0.3) is 10.9 Å². The Kier molecular flexibility index (Phi) is 6.13. The highest BCUT2D eigenvalue weighted by atomic mass is 16.6. The molecule has 34 heavy (non-hydrogen) atoms. The molecule has 10 heteroatoms. The maximum absolute atomic E-state index is 12.8. The molecule has 1 heterocycles. The lowest BCUT2D eigenvalue weighted by Crippen LogP contribution is -2.20. The van der Waals surface area contributed by atoms with Crippen LogP contribution in [0, 0.1) is 17.0 Å². The van der Waals surface area contributed by atoms with Crippen molar-refractivity contribution >= 4 is 28.8 Å². The normalized spacial score (nSPS) is 11.0. The number of nitrogens with zero attached hydrogens (tertiary/aromatic N) is 4. The van der Waals surface area contributed by atoms with Gasteiger partial charge in [-0.2, -0.15) is 9.78 Å². The second-order valence-electron chi connectivity index (χ2n) is 7.14. The van der Waals surface area contributed by atoms with E-state index >= 15 is 0 Å². The van der Waals surface area contributed by atoms with Crippen molar-refractivity contribution in [2.75, 3.05) is 7.11 Å². The van der Waals surface area contributed by atoms with Gasteiger partial charge in [-0.15, -0.1) is 0 Å². The lowest BCUT2D eigenvalue weighted by molar-refractivity contribution is -0.384. The molecule has 0 aliphatic heterocycles. The monoisotopic (exact) mass is 458 g/mol. The highest BCUT2D eigenvalue weighted by molar-refractivity contribution is 5.92. The van der Waals surface area contributed by atoms with Crippen molar-refractivity contribution in [3.8, 4) is 11.5 Å². The third kappa shape index (κ3) is 4.51. The predicted molar refractivity (Wildman–Crippen MR) is 125 cm³/mol. The predicted octanol–water partition coefficient (Wildman–Crippen LogP) is 3.72. The smallest absolute Gasteiger partial charge is 0.343 e. The lowest BCUT2D eigenvalue weighted by Gasteiger charge is -2.10. The molecule has 0 amide bonds. The number of esters is 1. The topological polar surface area (TPSA) is 126 Å². The Morgan fingerprint density at radius 1 is 1.09 bits per heavy atom. The molecule has 0 spiro atoms. The standard InChI is InChI=1S/C24H18N4O6/c1-15-26-20-6-4-3-5-19(20)23(29)27(15)25-14-16-7-12-21(22(13-16)33-2)34-24(30)17-8-10-18(11-9-17)28(31)32/h3-14H,1-2H3. The van der Waals surface area contributed by atoms with Gasteiger partial charge < -0.3 is 9.47 Å². The SMILES string of the molecule is COc1cc(C=Nn2c(C)nc3ccccc3c2=O)ccc1OC(=O)c1ccc([N+](=O)[O-])cc1. The van der Waals surface area contributed by atoms with Gasteiger partial charge in [0.15, 0.2) is 11.5 Å².